The second kappa shape index (κ2) is 17.3. The molecule has 0 radical (unpaired) electrons. The van der Waals surface area contributed by atoms with Crippen molar-refractivity contribution in [2.24, 2.45) is 0 Å². The molecular weight excluding hydrogens is 917 g/mol. The van der Waals surface area contributed by atoms with Gasteiger partial charge >= 0.3 is 0 Å². The van der Waals surface area contributed by atoms with Crippen LogP contribution in [-0.2, 0) is 16.2 Å². The van der Waals surface area contributed by atoms with Crippen molar-refractivity contribution < 1.29 is 0 Å². The van der Waals surface area contributed by atoms with Gasteiger partial charge in [-0.25, -0.2) is 0 Å². The second-order valence-electron chi connectivity index (χ2n) is 22.5. The molecule has 0 N–H and O–H groups in total. The number of benzene rings is 11. The Morgan fingerprint density at radius 2 is 0.592 bits per heavy atom. The zero-order chi connectivity index (χ0) is 51.3. The summed E-state index contributed by atoms with van der Waals surface area (Å²) in [5.74, 6) is 0. The van der Waals surface area contributed by atoms with E-state index in [4.69, 9.17) is 0 Å². The summed E-state index contributed by atoms with van der Waals surface area (Å²) in [4.78, 5) is 4.93. The minimum atomic E-state index is -0.631. The van der Waals surface area contributed by atoms with Gasteiger partial charge < -0.3 is 9.80 Å². The molecule has 1 spiro atoms. The molecule has 14 rings (SSSR count). The molecule has 1 atom stereocenters. The van der Waals surface area contributed by atoms with Gasteiger partial charge in [-0.05, 0) is 173 Å². The number of rotatable bonds is 8. The first-order valence-corrected chi connectivity index (χ1v) is 26.8. The summed E-state index contributed by atoms with van der Waals surface area (Å²) in [5.41, 5.74) is 27.7. The van der Waals surface area contributed by atoms with Gasteiger partial charge in [0.05, 0.1) is 5.41 Å². The Kier molecular flexibility index (Phi) is 10.4. The van der Waals surface area contributed by atoms with Crippen molar-refractivity contribution in [2.45, 2.75) is 50.9 Å². The molecule has 11 aromatic rings. The van der Waals surface area contributed by atoms with E-state index in [1.165, 1.54) is 94.6 Å². The maximum absolute atomic E-state index is 2.55. The van der Waals surface area contributed by atoms with Gasteiger partial charge in [0.25, 0.3) is 0 Å². The average Bonchev–Trinajstić information content (AvgIpc) is 4.12. The standard InChI is InChI=1S/C74H58N2/c1-72(2,3)53-33-41-63-65-44-39-58(75(55-34-29-51(30-35-55)49-19-9-6-10-20-49)56-36-31-52(32-37-56)50-21-11-7-12-22-50)47-71(65)74(69(63)45-53)67-28-18-16-26-61(67)64-43-40-59(48-70(64)74)76(54-23-13-8-14-24-54)57-38-42-62-60-25-15-17-27-66(60)73(4,5)68(62)46-57/h6-48H,1-5H3. The Bertz CT molecular complexity index is 3950. The molecule has 0 bridgehead atoms. The summed E-state index contributed by atoms with van der Waals surface area (Å²) in [6.45, 7) is 11.8. The fourth-order valence-corrected chi connectivity index (χ4v) is 13.1. The van der Waals surface area contributed by atoms with Crippen LogP contribution in [0.15, 0.2) is 261 Å². The van der Waals surface area contributed by atoms with Crippen LogP contribution in [0.4, 0.5) is 34.1 Å². The summed E-state index contributed by atoms with van der Waals surface area (Å²) in [7, 11) is 0. The maximum Gasteiger partial charge on any atom is 0.0727 e. The van der Waals surface area contributed by atoms with Gasteiger partial charge in [-0.15, -0.1) is 0 Å². The van der Waals surface area contributed by atoms with Gasteiger partial charge in [-0.3, -0.25) is 0 Å². The van der Waals surface area contributed by atoms with Crippen molar-refractivity contribution >= 4 is 34.1 Å². The SMILES string of the molecule is CC(C)(C)c1ccc2c(c1)C1(c3ccccc3-c3ccc(N(c4ccccc4)c4ccc5c(c4)C(C)(C)c4ccccc4-5)cc31)c1cc(N(c3ccc(-c4ccccc4)cc3)c3ccc(-c4ccccc4)cc3)ccc1-2. The molecule has 0 amide bonds. The molecule has 76 heavy (non-hydrogen) atoms. The van der Waals surface area contributed by atoms with Crippen LogP contribution in [0.3, 0.4) is 0 Å². The third-order valence-corrected chi connectivity index (χ3v) is 16.8. The minimum absolute atomic E-state index is 0.0707. The molecule has 2 heteroatoms. The minimum Gasteiger partial charge on any atom is -0.310 e. The molecule has 0 saturated carbocycles. The van der Waals surface area contributed by atoms with E-state index in [2.05, 4.69) is 305 Å². The van der Waals surface area contributed by atoms with Gasteiger partial charge in [0.2, 0.25) is 0 Å². The van der Waals surface area contributed by atoms with Crippen molar-refractivity contribution in [1.82, 2.24) is 0 Å². The lowest BCUT2D eigenvalue weighted by molar-refractivity contribution is 0.588. The highest BCUT2D eigenvalue weighted by atomic mass is 15.1. The largest absolute Gasteiger partial charge is 0.310 e. The average molecular weight is 975 g/mol. The molecule has 3 aliphatic rings. The first kappa shape index (κ1) is 45.6. The van der Waals surface area contributed by atoms with Crippen LogP contribution in [-0.4, -0.2) is 0 Å². The predicted molar refractivity (Wildman–Crippen MR) is 319 cm³/mol. The summed E-state index contributed by atoms with van der Waals surface area (Å²) >= 11 is 0. The molecule has 3 aliphatic carbocycles. The van der Waals surface area contributed by atoms with Crippen LogP contribution < -0.4 is 9.80 Å². The van der Waals surface area contributed by atoms with Crippen LogP contribution >= 0.6 is 0 Å². The van der Waals surface area contributed by atoms with E-state index in [1.54, 1.807) is 0 Å². The number of hydrogen-bond donors (Lipinski definition) is 0. The molecule has 364 valence electrons. The van der Waals surface area contributed by atoms with Gasteiger partial charge in [-0.1, -0.05) is 223 Å². The van der Waals surface area contributed by atoms with E-state index < -0.39 is 5.41 Å². The molecule has 1 unspecified atom stereocenters. The maximum atomic E-state index is 2.55. The number of hydrogen-bond acceptors (Lipinski definition) is 2. The highest BCUT2D eigenvalue weighted by Crippen LogP contribution is 2.65. The van der Waals surface area contributed by atoms with Gasteiger partial charge in [0, 0.05) is 39.5 Å². The topological polar surface area (TPSA) is 6.48 Å². The Morgan fingerprint density at radius 3 is 1.09 bits per heavy atom. The lowest BCUT2D eigenvalue weighted by Gasteiger charge is -2.34. The van der Waals surface area contributed by atoms with Crippen molar-refractivity contribution in [1.29, 1.82) is 0 Å². The molecule has 0 fully saturated rings. The lowest BCUT2D eigenvalue weighted by atomic mass is 9.69. The van der Waals surface area contributed by atoms with E-state index in [1.807, 2.05) is 0 Å². The second-order valence-corrected chi connectivity index (χ2v) is 22.5. The van der Waals surface area contributed by atoms with Crippen LogP contribution in [0, 0.1) is 0 Å². The summed E-state index contributed by atoms with van der Waals surface area (Å²) < 4.78 is 0. The number of nitrogens with zero attached hydrogens (tertiary/aromatic N) is 2. The van der Waals surface area contributed by atoms with Gasteiger partial charge in [-0.2, -0.15) is 0 Å². The smallest absolute Gasteiger partial charge is 0.0727 e. The van der Waals surface area contributed by atoms with Crippen molar-refractivity contribution in [3.63, 3.8) is 0 Å². The van der Waals surface area contributed by atoms with E-state index in [0.717, 1.165) is 34.1 Å². The van der Waals surface area contributed by atoms with Crippen LogP contribution in [0.2, 0.25) is 0 Å². The molecule has 0 aromatic heterocycles. The lowest BCUT2D eigenvalue weighted by Crippen LogP contribution is -2.27. The molecule has 0 saturated heterocycles. The number of fused-ring (bicyclic) bond motifs is 13. The zero-order valence-electron chi connectivity index (χ0n) is 43.7. The third kappa shape index (κ3) is 7.01. The fourth-order valence-electron chi connectivity index (χ4n) is 13.1. The third-order valence-electron chi connectivity index (χ3n) is 16.8. The van der Waals surface area contributed by atoms with Crippen LogP contribution in [0.1, 0.15) is 73.6 Å². The summed E-state index contributed by atoms with van der Waals surface area (Å²) in [6, 6.07) is 97.7. The Hall–Kier alpha value is -8.98. The Balaban J connectivity index is 0.995. The Morgan fingerprint density at radius 1 is 0.263 bits per heavy atom. The fraction of sp³-hybridized carbons (Fsp3) is 0.108. The van der Waals surface area contributed by atoms with E-state index in [9.17, 15) is 0 Å². The quantitative estimate of drug-likeness (QED) is 0.150. The molecule has 2 nitrogen and oxygen atoms in total. The monoisotopic (exact) mass is 974 g/mol. The first-order chi connectivity index (χ1) is 37.1. The van der Waals surface area contributed by atoms with Gasteiger partial charge in [0.15, 0.2) is 0 Å². The van der Waals surface area contributed by atoms with Gasteiger partial charge in [0.1, 0.15) is 0 Å². The highest BCUT2D eigenvalue weighted by molar-refractivity contribution is 5.98. The summed E-state index contributed by atoms with van der Waals surface area (Å²) in [5, 5.41) is 0. The number of para-hydroxylation sites is 1. The predicted octanol–water partition coefficient (Wildman–Crippen LogP) is 19.9. The molecular formula is C74H58N2. The zero-order valence-corrected chi connectivity index (χ0v) is 43.7. The highest BCUT2D eigenvalue weighted by Gasteiger charge is 2.52. The number of anilines is 6. The van der Waals surface area contributed by atoms with Crippen LogP contribution in [0.5, 0.6) is 0 Å². The van der Waals surface area contributed by atoms with E-state index >= 15 is 0 Å². The first-order valence-electron chi connectivity index (χ1n) is 26.8. The van der Waals surface area contributed by atoms with E-state index in [-0.39, 0.29) is 10.8 Å². The molecule has 0 aliphatic heterocycles. The van der Waals surface area contributed by atoms with Crippen LogP contribution in [0.25, 0.3) is 55.6 Å². The molecule has 11 aromatic carbocycles. The molecule has 0 heterocycles. The normalized spacial score (nSPS) is 15.1. The van der Waals surface area contributed by atoms with Crippen molar-refractivity contribution in [3.05, 3.63) is 300 Å². The van der Waals surface area contributed by atoms with E-state index in [0.29, 0.717) is 0 Å². The van der Waals surface area contributed by atoms with Crippen molar-refractivity contribution in [2.75, 3.05) is 9.80 Å². The van der Waals surface area contributed by atoms with Crippen molar-refractivity contribution in [3.8, 4) is 55.6 Å². The Labute approximate surface area is 447 Å². The summed E-state index contributed by atoms with van der Waals surface area (Å²) in [6.07, 6.45) is 0.